The molecular weight excluding hydrogens is 232 g/mol. The third-order valence-corrected chi connectivity index (χ3v) is 3.13. The Bertz CT molecular complexity index is 254. The number of nitrogens with zero attached hydrogens (tertiary/aromatic N) is 2. The Kier molecular flexibility index (Phi) is 6.07. The summed E-state index contributed by atoms with van der Waals surface area (Å²) in [4.78, 5) is 15.4. The van der Waals surface area contributed by atoms with Gasteiger partial charge in [-0.25, -0.2) is 4.21 Å². The zero-order valence-electron chi connectivity index (χ0n) is 9.17. The third-order valence-electron chi connectivity index (χ3n) is 2.57. The maximum atomic E-state index is 11.3. The van der Waals surface area contributed by atoms with Gasteiger partial charge in [0.05, 0.1) is 13.2 Å². The van der Waals surface area contributed by atoms with Crippen LogP contribution >= 0.6 is 0 Å². The molecule has 0 bridgehead atoms. The lowest BCUT2D eigenvalue weighted by Gasteiger charge is -2.33. The third kappa shape index (κ3) is 5.13. The maximum absolute atomic E-state index is 11.3. The summed E-state index contributed by atoms with van der Waals surface area (Å²) < 4.78 is 19.0. The highest BCUT2D eigenvalue weighted by atomic mass is 32.2. The van der Waals surface area contributed by atoms with Crippen molar-refractivity contribution in [3.63, 3.8) is 0 Å². The van der Waals surface area contributed by atoms with Crippen molar-refractivity contribution in [1.82, 2.24) is 9.80 Å². The van der Waals surface area contributed by atoms with Crippen molar-refractivity contribution in [2.45, 2.75) is 0 Å². The molecule has 1 aliphatic rings. The number of carbonyl (C=O) groups excluding carboxylic acids is 1. The van der Waals surface area contributed by atoms with Gasteiger partial charge >= 0.3 is 0 Å². The second-order valence-corrected chi connectivity index (χ2v) is 4.78. The van der Waals surface area contributed by atoms with Gasteiger partial charge in [-0.05, 0) is 0 Å². The van der Waals surface area contributed by atoms with Gasteiger partial charge in [-0.1, -0.05) is 0 Å². The number of hydrogen-bond acceptors (Lipinski definition) is 5. The molecule has 2 N–H and O–H groups in total. The smallest absolute Gasteiger partial charge is 0.161 e. The fraction of sp³-hybridized carbons (Fsp3) is 0.889. The van der Waals surface area contributed by atoms with E-state index >= 15 is 0 Å². The van der Waals surface area contributed by atoms with Crippen LogP contribution in [0, 0.1) is 0 Å². The predicted octanol–water partition coefficient (Wildman–Crippen LogP) is -1.61. The Morgan fingerprint density at radius 1 is 1.19 bits per heavy atom. The number of hydrogen-bond donors (Lipinski definition) is 2. The summed E-state index contributed by atoms with van der Waals surface area (Å²) in [5.74, 6) is -0.479. The second-order valence-electron chi connectivity index (χ2n) is 3.85. The van der Waals surface area contributed by atoms with Crippen molar-refractivity contribution in [2.24, 2.45) is 0 Å². The van der Waals surface area contributed by atoms with Gasteiger partial charge in [-0.15, -0.1) is 0 Å². The number of β-amino-alcohol motifs (C(OH)–C–C–N with tert-alkyl or cyclic N) is 1. The summed E-state index contributed by atoms with van der Waals surface area (Å²) in [7, 11) is 0. The van der Waals surface area contributed by atoms with E-state index in [1.807, 2.05) is 4.90 Å². The lowest BCUT2D eigenvalue weighted by Crippen LogP contribution is -2.48. The highest BCUT2D eigenvalue weighted by molar-refractivity contribution is 7.80. The minimum atomic E-state index is -2.03. The molecule has 1 atom stereocenters. The second kappa shape index (κ2) is 7.08. The number of Topliss-reactive ketones (excluding diaryl/α,β-unsaturated/α-hetero) is 1. The van der Waals surface area contributed by atoms with E-state index in [0.717, 1.165) is 26.2 Å². The SMILES string of the molecule is O=C(CN1CCN(CCO)CC1)CS(=O)O. The Labute approximate surface area is 97.5 Å². The van der Waals surface area contributed by atoms with Crippen LogP contribution in [0.4, 0.5) is 0 Å². The molecular formula is C9H18N2O4S. The molecule has 1 saturated heterocycles. The number of rotatable bonds is 6. The molecule has 1 rings (SSSR count). The summed E-state index contributed by atoms with van der Waals surface area (Å²) in [6.07, 6.45) is 0. The fourth-order valence-electron chi connectivity index (χ4n) is 1.75. The molecule has 0 aliphatic carbocycles. The average Bonchev–Trinajstić information content (AvgIpc) is 2.20. The van der Waals surface area contributed by atoms with Crippen molar-refractivity contribution in [1.29, 1.82) is 0 Å². The summed E-state index contributed by atoms with van der Waals surface area (Å²) in [5, 5.41) is 8.76. The van der Waals surface area contributed by atoms with Crippen molar-refractivity contribution in [3.05, 3.63) is 0 Å². The van der Waals surface area contributed by atoms with Gasteiger partial charge in [0.1, 0.15) is 5.75 Å². The monoisotopic (exact) mass is 250 g/mol. The van der Waals surface area contributed by atoms with Crippen molar-refractivity contribution in [3.8, 4) is 0 Å². The molecule has 0 saturated carbocycles. The molecule has 7 heteroatoms. The summed E-state index contributed by atoms with van der Waals surface area (Å²) in [6.45, 7) is 4.27. The molecule has 0 aromatic rings. The van der Waals surface area contributed by atoms with Crippen molar-refractivity contribution >= 4 is 16.9 Å². The highest BCUT2D eigenvalue weighted by Gasteiger charge is 2.18. The molecule has 1 heterocycles. The van der Waals surface area contributed by atoms with Crippen LogP contribution in [0.15, 0.2) is 0 Å². The van der Waals surface area contributed by atoms with Crippen LogP contribution < -0.4 is 0 Å². The molecule has 1 fully saturated rings. The Balaban J connectivity index is 2.21. The molecule has 1 aliphatic heterocycles. The number of piperazine rings is 1. The van der Waals surface area contributed by atoms with Gasteiger partial charge in [0.2, 0.25) is 0 Å². The first kappa shape index (κ1) is 13.7. The van der Waals surface area contributed by atoms with E-state index in [1.165, 1.54) is 0 Å². The van der Waals surface area contributed by atoms with Crippen LogP contribution in [0.5, 0.6) is 0 Å². The van der Waals surface area contributed by atoms with Crippen molar-refractivity contribution < 1.29 is 18.7 Å². The molecule has 1 unspecified atom stereocenters. The topological polar surface area (TPSA) is 81.1 Å². The van der Waals surface area contributed by atoms with E-state index in [2.05, 4.69) is 4.90 Å². The quantitative estimate of drug-likeness (QED) is 0.552. The van der Waals surface area contributed by atoms with E-state index in [-0.39, 0.29) is 24.7 Å². The maximum Gasteiger partial charge on any atom is 0.161 e. The lowest BCUT2D eigenvalue weighted by atomic mass is 10.3. The number of aliphatic hydroxyl groups excluding tert-OH is 1. The number of ketones is 1. The first-order chi connectivity index (χ1) is 7.61. The summed E-state index contributed by atoms with van der Waals surface area (Å²) in [5.41, 5.74) is 0. The van der Waals surface area contributed by atoms with Gasteiger partial charge in [0.15, 0.2) is 16.9 Å². The van der Waals surface area contributed by atoms with E-state index in [0.29, 0.717) is 6.54 Å². The Hall–Kier alpha value is -0.340. The van der Waals surface area contributed by atoms with Crippen LogP contribution in [0.25, 0.3) is 0 Å². The molecule has 0 spiro atoms. The van der Waals surface area contributed by atoms with E-state index in [9.17, 15) is 9.00 Å². The minimum Gasteiger partial charge on any atom is -0.395 e. The summed E-state index contributed by atoms with van der Waals surface area (Å²) in [6, 6.07) is 0. The Morgan fingerprint density at radius 3 is 2.25 bits per heavy atom. The predicted molar refractivity (Wildman–Crippen MR) is 60.6 cm³/mol. The fourth-order valence-corrected chi connectivity index (χ4v) is 2.11. The minimum absolute atomic E-state index is 0.155. The molecule has 0 aromatic heterocycles. The van der Waals surface area contributed by atoms with E-state index < -0.39 is 11.1 Å². The largest absolute Gasteiger partial charge is 0.395 e. The summed E-state index contributed by atoms with van der Waals surface area (Å²) >= 11 is -2.03. The standard InChI is InChI=1S/C9H18N2O4S/c12-6-5-10-1-3-11(4-2-10)7-9(13)8-16(14)15/h12H,1-8H2,(H,14,15). The van der Waals surface area contributed by atoms with Gasteiger partial charge in [0, 0.05) is 32.7 Å². The molecule has 0 aromatic carbocycles. The molecule has 0 amide bonds. The van der Waals surface area contributed by atoms with Gasteiger partial charge in [-0.3, -0.25) is 14.6 Å². The highest BCUT2D eigenvalue weighted by Crippen LogP contribution is 2.01. The van der Waals surface area contributed by atoms with Crippen LogP contribution in [-0.2, 0) is 15.9 Å². The lowest BCUT2D eigenvalue weighted by molar-refractivity contribution is -0.118. The first-order valence-electron chi connectivity index (χ1n) is 5.26. The van der Waals surface area contributed by atoms with Crippen LogP contribution in [0.1, 0.15) is 0 Å². The Morgan fingerprint density at radius 2 is 1.75 bits per heavy atom. The van der Waals surface area contributed by atoms with E-state index in [4.69, 9.17) is 9.66 Å². The molecule has 0 radical (unpaired) electrons. The van der Waals surface area contributed by atoms with Gasteiger partial charge in [0.25, 0.3) is 0 Å². The van der Waals surface area contributed by atoms with Crippen molar-refractivity contribution in [2.75, 3.05) is 51.6 Å². The first-order valence-corrected chi connectivity index (χ1v) is 6.54. The normalized spacial score (nSPS) is 20.9. The number of aliphatic hydroxyl groups is 1. The average molecular weight is 250 g/mol. The molecule has 94 valence electrons. The van der Waals surface area contributed by atoms with Crippen LogP contribution in [0.3, 0.4) is 0 Å². The van der Waals surface area contributed by atoms with Crippen LogP contribution in [-0.4, -0.2) is 81.1 Å². The van der Waals surface area contributed by atoms with E-state index in [1.54, 1.807) is 0 Å². The van der Waals surface area contributed by atoms with Gasteiger partial charge in [-0.2, -0.15) is 0 Å². The molecule has 16 heavy (non-hydrogen) atoms. The molecule has 6 nitrogen and oxygen atoms in total. The van der Waals surface area contributed by atoms with Gasteiger partial charge < -0.3 is 9.66 Å². The van der Waals surface area contributed by atoms with Crippen LogP contribution in [0.2, 0.25) is 0 Å². The zero-order chi connectivity index (χ0) is 12.0. The zero-order valence-corrected chi connectivity index (χ0v) is 9.99. The number of carbonyl (C=O) groups is 1.